The van der Waals surface area contributed by atoms with Crippen LogP contribution >= 0.6 is 11.3 Å². The number of thiophene rings is 1. The third kappa shape index (κ3) is 4.31. The summed E-state index contributed by atoms with van der Waals surface area (Å²) in [5.41, 5.74) is 1.97. The summed E-state index contributed by atoms with van der Waals surface area (Å²) in [4.78, 5) is 16.6. The molecule has 2 aliphatic heterocycles. The first-order valence-corrected chi connectivity index (χ1v) is 10.9. The fourth-order valence-electron chi connectivity index (χ4n) is 4.03. The number of carbonyl (C=O) groups excluding carboxylic acids is 1. The number of nitrogens with zero attached hydrogens (tertiary/aromatic N) is 3. The topological polar surface area (TPSA) is 54.4 Å². The van der Waals surface area contributed by atoms with Gasteiger partial charge in [-0.1, -0.05) is 18.6 Å². The molecule has 2 aromatic rings. The number of hydrogen-bond acceptors (Lipinski definition) is 6. The highest BCUT2D eigenvalue weighted by molar-refractivity contribution is 7.12. The molecule has 0 saturated carbocycles. The molecule has 0 radical (unpaired) electrons. The molecule has 3 heterocycles. The highest BCUT2D eigenvalue weighted by Crippen LogP contribution is 2.38. The molecule has 7 heteroatoms. The van der Waals surface area contributed by atoms with E-state index in [2.05, 4.69) is 11.0 Å². The third-order valence-corrected chi connectivity index (χ3v) is 6.49. The average molecular weight is 414 g/mol. The van der Waals surface area contributed by atoms with Gasteiger partial charge in [0.05, 0.1) is 37.4 Å². The van der Waals surface area contributed by atoms with Gasteiger partial charge < -0.3 is 9.47 Å². The predicted octanol–water partition coefficient (Wildman–Crippen LogP) is 3.93. The number of methoxy groups -OCH3 is 2. The first-order chi connectivity index (χ1) is 14.2. The Hall–Kier alpha value is -2.38. The first-order valence-electron chi connectivity index (χ1n) is 10.1. The number of likely N-dealkylation sites (tertiary alicyclic amines) is 1. The lowest BCUT2D eigenvalue weighted by atomic mass is 10.0. The lowest BCUT2D eigenvalue weighted by Crippen LogP contribution is -2.40. The smallest absolute Gasteiger partial charge is 0.257 e. The molecular formula is C22H27N3O3S. The van der Waals surface area contributed by atoms with E-state index in [1.165, 1.54) is 6.42 Å². The summed E-state index contributed by atoms with van der Waals surface area (Å²) in [7, 11) is 3.25. The van der Waals surface area contributed by atoms with Crippen LogP contribution in [-0.2, 0) is 4.79 Å². The van der Waals surface area contributed by atoms with Crippen LogP contribution in [0.1, 0.15) is 42.2 Å². The number of hydrazone groups is 1. The summed E-state index contributed by atoms with van der Waals surface area (Å²) in [5, 5.41) is 8.49. The van der Waals surface area contributed by atoms with Crippen LogP contribution in [0.3, 0.4) is 0 Å². The Morgan fingerprint density at radius 3 is 2.62 bits per heavy atom. The molecule has 6 nitrogen and oxygen atoms in total. The Morgan fingerprint density at radius 2 is 1.93 bits per heavy atom. The molecule has 4 rings (SSSR count). The monoisotopic (exact) mass is 413 g/mol. The summed E-state index contributed by atoms with van der Waals surface area (Å²) < 4.78 is 10.9. The molecule has 1 amide bonds. The molecule has 1 aromatic carbocycles. The average Bonchev–Trinajstić information content (AvgIpc) is 3.44. The molecule has 1 aromatic heterocycles. The number of carbonyl (C=O) groups is 1. The summed E-state index contributed by atoms with van der Waals surface area (Å²) in [6.45, 7) is 2.40. The van der Waals surface area contributed by atoms with E-state index >= 15 is 0 Å². The van der Waals surface area contributed by atoms with Gasteiger partial charge in [0, 0.05) is 6.42 Å². The highest BCUT2D eigenvalue weighted by atomic mass is 32.1. The maximum atomic E-state index is 13.2. The zero-order valence-electron chi connectivity index (χ0n) is 17.0. The number of rotatable bonds is 6. The number of amides is 1. The van der Waals surface area contributed by atoms with Crippen molar-refractivity contribution in [3.05, 3.63) is 46.2 Å². The second-order valence-corrected chi connectivity index (χ2v) is 8.38. The van der Waals surface area contributed by atoms with Gasteiger partial charge in [-0.3, -0.25) is 9.69 Å². The Bertz CT molecular complexity index is 875. The highest BCUT2D eigenvalue weighted by Gasteiger charge is 2.34. The quantitative estimate of drug-likeness (QED) is 0.720. The van der Waals surface area contributed by atoms with Crippen LogP contribution < -0.4 is 9.47 Å². The van der Waals surface area contributed by atoms with Gasteiger partial charge in [0.25, 0.3) is 5.91 Å². The van der Waals surface area contributed by atoms with Gasteiger partial charge in [0.1, 0.15) is 0 Å². The zero-order chi connectivity index (χ0) is 20.2. The van der Waals surface area contributed by atoms with Crippen molar-refractivity contribution in [3.8, 4) is 11.5 Å². The lowest BCUT2D eigenvalue weighted by Gasteiger charge is -2.29. The van der Waals surface area contributed by atoms with E-state index in [0.717, 1.165) is 42.1 Å². The molecule has 1 atom stereocenters. The molecule has 0 unspecified atom stereocenters. The summed E-state index contributed by atoms with van der Waals surface area (Å²) in [5.74, 6) is 1.40. The van der Waals surface area contributed by atoms with E-state index in [1.807, 2.05) is 29.6 Å². The van der Waals surface area contributed by atoms with Crippen LogP contribution in [0.15, 0.2) is 40.8 Å². The fraction of sp³-hybridized carbons (Fsp3) is 0.455. The molecule has 1 saturated heterocycles. The van der Waals surface area contributed by atoms with Crippen molar-refractivity contribution >= 4 is 23.0 Å². The van der Waals surface area contributed by atoms with Crippen molar-refractivity contribution in [2.45, 2.75) is 31.7 Å². The third-order valence-electron chi connectivity index (χ3n) is 5.57. The Morgan fingerprint density at radius 1 is 1.14 bits per heavy atom. The zero-order valence-corrected chi connectivity index (χ0v) is 17.8. The number of piperidine rings is 1. The molecule has 0 spiro atoms. The standard InChI is InChI=1S/C22H27N3O3S/c1-27-19-9-8-16(13-20(19)28-2)18-14-17(21-7-6-12-29-21)23-25(18)22(26)15-24-10-4-3-5-11-24/h6-9,12-13,18H,3-5,10-11,14-15H2,1-2H3/t18-/m1/s1. The van der Waals surface area contributed by atoms with Crippen LogP contribution in [0.2, 0.25) is 0 Å². The Balaban J connectivity index is 1.61. The molecule has 0 bridgehead atoms. The molecular weight excluding hydrogens is 386 g/mol. The molecule has 0 N–H and O–H groups in total. The van der Waals surface area contributed by atoms with Crippen LogP contribution in [0, 0.1) is 0 Å². The molecule has 29 heavy (non-hydrogen) atoms. The van der Waals surface area contributed by atoms with E-state index in [0.29, 0.717) is 24.5 Å². The number of ether oxygens (including phenoxy) is 2. The van der Waals surface area contributed by atoms with Crippen LogP contribution in [0.25, 0.3) is 0 Å². The van der Waals surface area contributed by atoms with Crippen LogP contribution in [-0.4, -0.2) is 55.4 Å². The molecule has 154 valence electrons. The van der Waals surface area contributed by atoms with Gasteiger partial charge in [-0.2, -0.15) is 5.10 Å². The minimum Gasteiger partial charge on any atom is -0.493 e. The van der Waals surface area contributed by atoms with Crippen molar-refractivity contribution in [3.63, 3.8) is 0 Å². The maximum absolute atomic E-state index is 13.2. The van der Waals surface area contributed by atoms with Crippen molar-refractivity contribution in [2.75, 3.05) is 33.9 Å². The predicted molar refractivity (Wildman–Crippen MR) is 115 cm³/mol. The van der Waals surface area contributed by atoms with Crippen LogP contribution in [0.4, 0.5) is 0 Å². The van der Waals surface area contributed by atoms with E-state index in [1.54, 1.807) is 30.6 Å². The maximum Gasteiger partial charge on any atom is 0.257 e. The van der Waals surface area contributed by atoms with E-state index in [4.69, 9.17) is 14.6 Å². The summed E-state index contributed by atoms with van der Waals surface area (Å²) in [6.07, 6.45) is 4.28. The SMILES string of the molecule is COc1ccc([C@H]2CC(c3cccs3)=NN2C(=O)CN2CCCCC2)cc1OC. The fourth-order valence-corrected chi connectivity index (χ4v) is 4.75. The summed E-state index contributed by atoms with van der Waals surface area (Å²) >= 11 is 1.66. The molecule has 2 aliphatic rings. The van der Waals surface area contributed by atoms with Crippen LogP contribution in [0.5, 0.6) is 11.5 Å². The van der Waals surface area contributed by atoms with Gasteiger partial charge >= 0.3 is 0 Å². The number of benzene rings is 1. The normalized spacial score (nSPS) is 19.9. The molecule has 1 fully saturated rings. The van der Waals surface area contributed by atoms with Crippen molar-refractivity contribution < 1.29 is 14.3 Å². The van der Waals surface area contributed by atoms with Gasteiger partial charge in [0.15, 0.2) is 11.5 Å². The Labute approximate surface area is 175 Å². The van der Waals surface area contributed by atoms with E-state index in [-0.39, 0.29) is 11.9 Å². The second kappa shape index (κ2) is 8.97. The van der Waals surface area contributed by atoms with Gasteiger partial charge in [-0.15, -0.1) is 11.3 Å². The molecule has 0 aliphatic carbocycles. The number of hydrogen-bond donors (Lipinski definition) is 0. The van der Waals surface area contributed by atoms with Crippen molar-refractivity contribution in [1.82, 2.24) is 9.91 Å². The van der Waals surface area contributed by atoms with E-state index < -0.39 is 0 Å². The summed E-state index contributed by atoms with van der Waals surface area (Å²) in [6, 6.07) is 9.80. The minimum atomic E-state index is -0.135. The first kappa shape index (κ1) is 19.9. The minimum absolute atomic E-state index is 0.0539. The lowest BCUT2D eigenvalue weighted by molar-refractivity contribution is -0.134. The van der Waals surface area contributed by atoms with Gasteiger partial charge in [-0.05, 0) is 55.1 Å². The van der Waals surface area contributed by atoms with E-state index in [9.17, 15) is 4.79 Å². The van der Waals surface area contributed by atoms with Crippen molar-refractivity contribution in [2.24, 2.45) is 5.10 Å². The Kier molecular flexibility index (Phi) is 6.16. The largest absolute Gasteiger partial charge is 0.493 e. The van der Waals surface area contributed by atoms with Crippen molar-refractivity contribution in [1.29, 1.82) is 0 Å². The van der Waals surface area contributed by atoms with Gasteiger partial charge in [0.2, 0.25) is 0 Å². The second-order valence-electron chi connectivity index (χ2n) is 7.43. The van der Waals surface area contributed by atoms with Gasteiger partial charge in [-0.25, -0.2) is 5.01 Å².